The van der Waals surface area contributed by atoms with E-state index >= 15 is 0 Å². The van der Waals surface area contributed by atoms with Gasteiger partial charge in [0.2, 0.25) is 0 Å². The van der Waals surface area contributed by atoms with Gasteiger partial charge in [-0.2, -0.15) is 0 Å². The fourth-order valence-corrected chi connectivity index (χ4v) is 3.78. The van der Waals surface area contributed by atoms with Gasteiger partial charge in [-0.1, -0.05) is 13.8 Å². The number of esters is 1. The van der Waals surface area contributed by atoms with Gasteiger partial charge in [-0.3, -0.25) is 9.69 Å². The Bertz CT molecular complexity index is 326. The zero-order valence-electron chi connectivity index (χ0n) is 13.3. The Kier molecular flexibility index (Phi) is 5.44. The standard InChI is InChI=1S/C16H30N2O2/c1-4-17-16(15(19)20-6-3)11-7-8-14(12-16)18(5-2)13-9-10-13/h13-14,17H,4-12H2,1-3H3. The fraction of sp³-hybridized carbons (Fsp3) is 0.938. The number of rotatable bonds is 7. The van der Waals surface area contributed by atoms with Gasteiger partial charge in [0.05, 0.1) is 6.61 Å². The van der Waals surface area contributed by atoms with Gasteiger partial charge in [0.1, 0.15) is 5.54 Å². The molecule has 0 bridgehead atoms. The molecule has 0 aromatic heterocycles. The number of nitrogens with one attached hydrogen (secondary N) is 1. The van der Waals surface area contributed by atoms with Crippen LogP contribution in [0.4, 0.5) is 0 Å². The molecule has 0 amide bonds. The molecule has 2 atom stereocenters. The minimum atomic E-state index is -0.448. The lowest BCUT2D eigenvalue weighted by atomic mass is 9.78. The van der Waals surface area contributed by atoms with Crippen molar-refractivity contribution in [1.29, 1.82) is 0 Å². The molecule has 1 N–H and O–H groups in total. The van der Waals surface area contributed by atoms with Crippen LogP contribution in [0.5, 0.6) is 0 Å². The molecule has 2 rings (SSSR count). The van der Waals surface area contributed by atoms with Crippen LogP contribution in [0, 0.1) is 0 Å². The third kappa shape index (κ3) is 3.34. The lowest BCUT2D eigenvalue weighted by Gasteiger charge is -2.43. The predicted molar refractivity (Wildman–Crippen MR) is 80.7 cm³/mol. The first kappa shape index (κ1) is 15.8. The van der Waals surface area contributed by atoms with E-state index in [0.29, 0.717) is 12.6 Å². The molecule has 0 radical (unpaired) electrons. The summed E-state index contributed by atoms with van der Waals surface area (Å²) in [5.74, 6) is -0.0431. The van der Waals surface area contributed by atoms with Crippen LogP contribution in [0.25, 0.3) is 0 Å². The zero-order valence-corrected chi connectivity index (χ0v) is 13.3. The molecule has 0 spiro atoms. The molecule has 2 aliphatic rings. The molecule has 0 heterocycles. The van der Waals surface area contributed by atoms with E-state index in [1.807, 2.05) is 6.92 Å². The first-order valence-electron chi connectivity index (χ1n) is 8.34. The Labute approximate surface area is 123 Å². The molecule has 116 valence electrons. The number of likely N-dealkylation sites (N-methyl/N-ethyl adjacent to an activating group) is 1. The molecule has 20 heavy (non-hydrogen) atoms. The number of hydrogen-bond acceptors (Lipinski definition) is 4. The average Bonchev–Trinajstić information content (AvgIpc) is 3.25. The van der Waals surface area contributed by atoms with Crippen LogP contribution in [0.3, 0.4) is 0 Å². The van der Waals surface area contributed by atoms with Crippen molar-refractivity contribution in [2.75, 3.05) is 19.7 Å². The molecule has 4 nitrogen and oxygen atoms in total. The summed E-state index contributed by atoms with van der Waals surface area (Å²) >= 11 is 0. The van der Waals surface area contributed by atoms with Crippen molar-refractivity contribution >= 4 is 5.97 Å². The van der Waals surface area contributed by atoms with Crippen LogP contribution in [-0.2, 0) is 9.53 Å². The van der Waals surface area contributed by atoms with Crippen LogP contribution in [-0.4, -0.2) is 48.2 Å². The molecule has 4 heteroatoms. The molecule has 0 aliphatic heterocycles. The van der Waals surface area contributed by atoms with E-state index in [-0.39, 0.29) is 5.97 Å². The molecular weight excluding hydrogens is 252 g/mol. The minimum Gasteiger partial charge on any atom is -0.465 e. The Balaban J connectivity index is 2.09. The van der Waals surface area contributed by atoms with Crippen LogP contribution < -0.4 is 5.32 Å². The molecule has 0 aromatic carbocycles. The van der Waals surface area contributed by atoms with Crippen molar-refractivity contribution < 1.29 is 9.53 Å². The number of carbonyl (C=O) groups is 1. The van der Waals surface area contributed by atoms with Crippen molar-refractivity contribution in [2.24, 2.45) is 0 Å². The Morgan fingerprint density at radius 2 is 2.00 bits per heavy atom. The Hall–Kier alpha value is -0.610. The summed E-state index contributed by atoms with van der Waals surface area (Å²) < 4.78 is 5.36. The van der Waals surface area contributed by atoms with Crippen LogP contribution in [0.15, 0.2) is 0 Å². The number of ether oxygens (including phenoxy) is 1. The Morgan fingerprint density at radius 3 is 2.55 bits per heavy atom. The van der Waals surface area contributed by atoms with Gasteiger partial charge in [-0.25, -0.2) is 0 Å². The minimum absolute atomic E-state index is 0.0431. The topological polar surface area (TPSA) is 41.6 Å². The number of hydrogen-bond donors (Lipinski definition) is 1. The molecule has 2 fully saturated rings. The fourth-order valence-electron chi connectivity index (χ4n) is 3.78. The summed E-state index contributed by atoms with van der Waals surface area (Å²) in [5.41, 5.74) is -0.448. The quantitative estimate of drug-likeness (QED) is 0.728. The van der Waals surface area contributed by atoms with E-state index in [0.717, 1.165) is 38.4 Å². The van der Waals surface area contributed by atoms with Gasteiger partial charge < -0.3 is 10.1 Å². The highest BCUT2D eigenvalue weighted by Gasteiger charge is 2.46. The second-order valence-electron chi connectivity index (χ2n) is 6.14. The molecular formula is C16H30N2O2. The summed E-state index contributed by atoms with van der Waals surface area (Å²) in [6.45, 7) is 8.59. The lowest BCUT2D eigenvalue weighted by molar-refractivity contribution is -0.154. The molecule has 2 aliphatic carbocycles. The van der Waals surface area contributed by atoms with Crippen LogP contribution in [0.1, 0.15) is 59.3 Å². The average molecular weight is 282 g/mol. The van der Waals surface area contributed by atoms with Crippen LogP contribution >= 0.6 is 0 Å². The van der Waals surface area contributed by atoms with Gasteiger partial charge in [0, 0.05) is 12.1 Å². The normalized spacial score (nSPS) is 30.5. The van der Waals surface area contributed by atoms with E-state index < -0.39 is 5.54 Å². The van der Waals surface area contributed by atoms with E-state index in [4.69, 9.17) is 4.74 Å². The van der Waals surface area contributed by atoms with Crippen molar-refractivity contribution in [3.05, 3.63) is 0 Å². The third-order valence-corrected chi connectivity index (χ3v) is 4.76. The molecule has 2 unspecified atom stereocenters. The summed E-state index contributed by atoms with van der Waals surface area (Å²) in [7, 11) is 0. The zero-order chi connectivity index (χ0) is 14.6. The van der Waals surface area contributed by atoms with Gasteiger partial charge in [-0.05, 0) is 58.5 Å². The van der Waals surface area contributed by atoms with E-state index in [9.17, 15) is 4.79 Å². The van der Waals surface area contributed by atoms with Gasteiger partial charge >= 0.3 is 5.97 Å². The maximum absolute atomic E-state index is 12.4. The maximum atomic E-state index is 12.4. The lowest BCUT2D eigenvalue weighted by Crippen LogP contribution is -2.59. The van der Waals surface area contributed by atoms with Gasteiger partial charge in [0.25, 0.3) is 0 Å². The summed E-state index contributed by atoms with van der Waals surface area (Å²) in [5, 5.41) is 3.45. The monoisotopic (exact) mass is 282 g/mol. The summed E-state index contributed by atoms with van der Waals surface area (Å²) in [6, 6.07) is 1.30. The van der Waals surface area contributed by atoms with E-state index in [2.05, 4.69) is 24.1 Å². The van der Waals surface area contributed by atoms with Gasteiger partial charge in [-0.15, -0.1) is 0 Å². The molecule has 2 saturated carbocycles. The van der Waals surface area contributed by atoms with Gasteiger partial charge in [0.15, 0.2) is 0 Å². The first-order valence-corrected chi connectivity index (χ1v) is 8.34. The van der Waals surface area contributed by atoms with Crippen molar-refractivity contribution in [3.8, 4) is 0 Å². The van der Waals surface area contributed by atoms with Crippen LogP contribution in [0.2, 0.25) is 0 Å². The first-order chi connectivity index (χ1) is 9.66. The molecule has 0 saturated heterocycles. The highest BCUT2D eigenvalue weighted by Crippen LogP contribution is 2.37. The highest BCUT2D eigenvalue weighted by molar-refractivity contribution is 5.81. The van der Waals surface area contributed by atoms with E-state index in [1.165, 1.54) is 19.3 Å². The number of carbonyl (C=O) groups excluding carboxylic acids is 1. The smallest absolute Gasteiger partial charge is 0.326 e. The third-order valence-electron chi connectivity index (χ3n) is 4.76. The second kappa shape index (κ2) is 6.90. The predicted octanol–water partition coefficient (Wildman–Crippen LogP) is 2.32. The second-order valence-corrected chi connectivity index (χ2v) is 6.14. The summed E-state index contributed by atoms with van der Waals surface area (Å²) in [4.78, 5) is 15.1. The van der Waals surface area contributed by atoms with Crippen molar-refractivity contribution in [1.82, 2.24) is 10.2 Å². The maximum Gasteiger partial charge on any atom is 0.326 e. The summed E-state index contributed by atoms with van der Waals surface area (Å²) in [6.07, 6.45) is 6.81. The van der Waals surface area contributed by atoms with E-state index in [1.54, 1.807) is 0 Å². The Morgan fingerprint density at radius 1 is 1.25 bits per heavy atom. The highest BCUT2D eigenvalue weighted by atomic mass is 16.5. The van der Waals surface area contributed by atoms with Crippen molar-refractivity contribution in [3.63, 3.8) is 0 Å². The molecule has 0 aromatic rings. The van der Waals surface area contributed by atoms with Crippen molar-refractivity contribution in [2.45, 2.75) is 76.9 Å². The number of nitrogens with zero attached hydrogens (tertiary/aromatic N) is 1. The largest absolute Gasteiger partial charge is 0.465 e. The SMILES string of the molecule is CCNC1(C(=O)OCC)CCCC(N(CC)C2CC2)C1.